The number of alkyl halides is 1. The average molecular weight is 205 g/mol. The monoisotopic (exact) mass is 204 g/mol. The Labute approximate surface area is 89.5 Å². The van der Waals surface area contributed by atoms with Gasteiger partial charge in [-0.3, -0.25) is 0 Å². The molecule has 72 valence electrons. The van der Waals surface area contributed by atoms with Crippen LogP contribution in [0, 0.1) is 0 Å². The van der Waals surface area contributed by atoms with Crippen molar-refractivity contribution in [2.24, 2.45) is 0 Å². The molecule has 0 aliphatic carbocycles. The predicted molar refractivity (Wildman–Crippen MR) is 63.1 cm³/mol. The van der Waals surface area contributed by atoms with Crippen LogP contribution in [-0.4, -0.2) is 5.88 Å². The normalized spacial score (nSPS) is 13.0. The topological polar surface area (TPSA) is 0 Å². The molecule has 0 heterocycles. The van der Waals surface area contributed by atoms with Gasteiger partial charge in [0.05, 0.1) is 0 Å². The van der Waals surface area contributed by atoms with Gasteiger partial charge in [0.1, 0.15) is 0 Å². The molecular formula is C13H13Cl. The molecule has 0 N–H and O–H groups in total. The molecule has 2 aromatic carbocycles. The highest BCUT2D eigenvalue weighted by Gasteiger charge is 2.06. The first-order chi connectivity index (χ1) is 6.83. The van der Waals surface area contributed by atoms with E-state index in [2.05, 4.69) is 49.4 Å². The molecule has 14 heavy (non-hydrogen) atoms. The molecule has 0 aromatic heterocycles. The fraction of sp³-hybridized carbons (Fsp3) is 0.231. The van der Waals surface area contributed by atoms with Crippen LogP contribution in [0.5, 0.6) is 0 Å². The molecule has 0 saturated carbocycles. The van der Waals surface area contributed by atoms with E-state index in [4.69, 9.17) is 11.6 Å². The predicted octanol–water partition coefficient (Wildman–Crippen LogP) is 4.18. The lowest BCUT2D eigenvalue weighted by Crippen LogP contribution is -1.95. The van der Waals surface area contributed by atoms with Crippen molar-refractivity contribution in [1.82, 2.24) is 0 Å². The third-order valence-corrected chi connectivity index (χ3v) is 3.05. The molecular weight excluding hydrogens is 192 g/mol. The maximum absolute atomic E-state index is 5.89. The summed E-state index contributed by atoms with van der Waals surface area (Å²) in [6, 6.07) is 14.8. The van der Waals surface area contributed by atoms with Gasteiger partial charge >= 0.3 is 0 Å². The van der Waals surface area contributed by atoms with Crippen molar-refractivity contribution in [2.45, 2.75) is 12.8 Å². The fourth-order valence-corrected chi connectivity index (χ4v) is 1.93. The first-order valence-corrected chi connectivity index (χ1v) is 5.40. The van der Waals surface area contributed by atoms with Crippen molar-refractivity contribution in [2.75, 3.05) is 5.88 Å². The minimum Gasteiger partial charge on any atom is -0.126 e. The molecule has 1 atom stereocenters. The van der Waals surface area contributed by atoms with Crippen LogP contribution in [0.15, 0.2) is 42.5 Å². The largest absolute Gasteiger partial charge is 0.126 e. The molecule has 2 rings (SSSR count). The van der Waals surface area contributed by atoms with Gasteiger partial charge in [-0.05, 0) is 22.3 Å². The third kappa shape index (κ3) is 1.62. The lowest BCUT2D eigenvalue weighted by Gasteiger charge is -2.11. The maximum Gasteiger partial charge on any atom is 0.0289 e. The Bertz CT molecular complexity index is 429. The van der Waals surface area contributed by atoms with Crippen molar-refractivity contribution in [3.05, 3.63) is 48.0 Å². The van der Waals surface area contributed by atoms with Gasteiger partial charge in [0.2, 0.25) is 0 Å². The zero-order valence-corrected chi connectivity index (χ0v) is 8.96. The maximum atomic E-state index is 5.89. The van der Waals surface area contributed by atoms with Crippen molar-refractivity contribution in [1.29, 1.82) is 0 Å². The number of hydrogen-bond donors (Lipinski definition) is 0. The van der Waals surface area contributed by atoms with E-state index in [-0.39, 0.29) is 0 Å². The van der Waals surface area contributed by atoms with E-state index in [1.807, 2.05) is 0 Å². The van der Waals surface area contributed by atoms with Gasteiger partial charge in [-0.15, -0.1) is 11.6 Å². The van der Waals surface area contributed by atoms with Crippen LogP contribution in [0.2, 0.25) is 0 Å². The van der Waals surface area contributed by atoms with Crippen molar-refractivity contribution < 1.29 is 0 Å². The Hall–Kier alpha value is -1.01. The summed E-state index contributed by atoms with van der Waals surface area (Å²) in [6.07, 6.45) is 0. The van der Waals surface area contributed by atoms with E-state index in [0.717, 1.165) is 0 Å². The van der Waals surface area contributed by atoms with Crippen molar-refractivity contribution in [3.8, 4) is 0 Å². The molecule has 0 aliphatic rings. The number of benzene rings is 2. The molecule has 0 aliphatic heterocycles. The Kier molecular flexibility index (Phi) is 2.74. The minimum atomic E-state index is 0.419. The van der Waals surface area contributed by atoms with E-state index in [0.29, 0.717) is 11.8 Å². The first kappa shape index (κ1) is 9.54. The summed E-state index contributed by atoms with van der Waals surface area (Å²) in [7, 11) is 0. The van der Waals surface area contributed by atoms with E-state index < -0.39 is 0 Å². The smallest absolute Gasteiger partial charge is 0.0289 e. The first-order valence-electron chi connectivity index (χ1n) is 4.86. The van der Waals surface area contributed by atoms with Gasteiger partial charge in [-0.1, -0.05) is 49.4 Å². The summed E-state index contributed by atoms with van der Waals surface area (Å²) in [5.41, 5.74) is 1.35. The van der Waals surface area contributed by atoms with Gasteiger partial charge in [-0.25, -0.2) is 0 Å². The summed E-state index contributed by atoms with van der Waals surface area (Å²) in [5, 5.41) is 2.62. The average Bonchev–Trinajstić information content (AvgIpc) is 2.27. The summed E-state index contributed by atoms with van der Waals surface area (Å²) >= 11 is 5.89. The van der Waals surface area contributed by atoms with Gasteiger partial charge in [0.15, 0.2) is 0 Å². The summed E-state index contributed by atoms with van der Waals surface area (Å²) in [4.78, 5) is 0. The molecule has 0 bridgehead atoms. The van der Waals surface area contributed by atoms with Gasteiger partial charge < -0.3 is 0 Å². The Morgan fingerprint density at radius 3 is 2.57 bits per heavy atom. The molecule has 0 saturated heterocycles. The van der Waals surface area contributed by atoms with E-state index in [1.165, 1.54) is 16.3 Å². The second-order valence-corrected chi connectivity index (χ2v) is 3.93. The number of rotatable bonds is 2. The van der Waals surface area contributed by atoms with Crippen LogP contribution in [0.1, 0.15) is 18.4 Å². The molecule has 2 aromatic rings. The van der Waals surface area contributed by atoms with Gasteiger partial charge in [-0.2, -0.15) is 0 Å². The Balaban J connectivity index is 2.65. The van der Waals surface area contributed by atoms with Gasteiger partial charge in [0.25, 0.3) is 0 Å². The van der Waals surface area contributed by atoms with E-state index in [1.54, 1.807) is 0 Å². The van der Waals surface area contributed by atoms with E-state index >= 15 is 0 Å². The second-order valence-electron chi connectivity index (χ2n) is 3.62. The quantitative estimate of drug-likeness (QED) is 0.644. The fourth-order valence-electron chi connectivity index (χ4n) is 1.76. The highest BCUT2D eigenvalue weighted by Crippen LogP contribution is 2.25. The molecule has 0 spiro atoms. The summed E-state index contributed by atoms with van der Waals surface area (Å²) in [5.74, 6) is 1.09. The molecule has 1 heteroatoms. The van der Waals surface area contributed by atoms with Gasteiger partial charge in [0, 0.05) is 5.88 Å². The summed E-state index contributed by atoms with van der Waals surface area (Å²) < 4.78 is 0. The lowest BCUT2D eigenvalue weighted by molar-refractivity contribution is 0.885. The van der Waals surface area contributed by atoms with E-state index in [9.17, 15) is 0 Å². The molecule has 0 unspecified atom stereocenters. The zero-order valence-electron chi connectivity index (χ0n) is 8.20. The molecule has 0 fully saturated rings. The number of halogens is 1. The SMILES string of the molecule is C[C@@H](CCl)c1cccc2ccccc12. The van der Waals surface area contributed by atoms with Crippen LogP contribution < -0.4 is 0 Å². The standard InChI is InChI=1S/C13H13Cl/c1-10(9-14)12-8-4-6-11-5-2-3-7-13(11)12/h2-8,10H,9H2,1H3/t10-/m0/s1. The molecule has 0 nitrogen and oxygen atoms in total. The number of fused-ring (bicyclic) bond motifs is 1. The zero-order chi connectivity index (χ0) is 9.97. The second kappa shape index (κ2) is 4.02. The lowest BCUT2D eigenvalue weighted by atomic mass is 9.96. The van der Waals surface area contributed by atoms with Crippen LogP contribution >= 0.6 is 11.6 Å². The van der Waals surface area contributed by atoms with Crippen LogP contribution in [0.4, 0.5) is 0 Å². The molecule has 0 radical (unpaired) electrons. The number of hydrogen-bond acceptors (Lipinski definition) is 0. The van der Waals surface area contributed by atoms with Crippen LogP contribution in [-0.2, 0) is 0 Å². The minimum absolute atomic E-state index is 0.419. The highest BCUT2D eigenvalue weighted by atomic mass is 35.5. The van der Waals surface area contributed by atoms with Crippen molar-refractivity contribution in [3.63, 3.8) is 0 Å². The third-order valence-electron chi connectivity index (χ3n) is 2.59. The molecule has 0 amide bonds. The Morgan fingerprint density at radius 2 is 1.79 bits per heavy atom. The van der Waals surface area contributed by atoms with Crippen molar-refractivity contribution >= 4 is 22.4 Å². The van der Waals surface area contributed by atoms with Crippen LogP contribution in [0.25, 0.3) is 10.8 Å². The van der Waals surface area contributed by atoms with Crippen LogP contribution in [0.3, 0.4) is 0 Å². The Morgan fingerprint density at radius 1 is 1.07 bits per heavy atom. The summed E-state index contributed by atoms with van der Waals surface area (Å²) in [6.45, 7) is 2.16. The highest BCUT2D eigenvalue weighted by molar-refractivity contribution is 6.18.